The monoisotopic (exact) mass is 657 g/mol. The van der Waals surface area contributed by atoms with E-state index in [9.17, 15) is 49.2 Å². The molecule has 45 heavy (non-hydrogen) atoms. The summed E-state index contributed by atoms with van der Waals surface area (Å²) in [5.41, 5.74) is 2.85. The average Bonchev–Trinajstić information content (AvgIpc) is 2.92. The zero-order valence-electron chi connectivity index (χ0n) is 24.3. The number of sulfone groups is 1. The van der Waals surface area contributed by atoms with E-state index in [1.807, 2.05) is 0 Å². The highest BCUT2D eigenvalue weighted by molar-refractivity contribution is 7.90. The number of hydrogen-bond acceptors (Lipinski definition) is 5. The van der Waals surface area contributed by atoms with Crippen molar-refractivity contribution in [2.75, 3.05) is 6.26 Å². The summed E-state index contributed by atoms with van der Waals surface area (Å²) in [6.07, 6.45) is -10.1. The number of amides is 1. The van der Waals surface area contributed by atoms with Crippen LogP contribution in [0.2, 0.25) is 0 Å². The van der Waals surface area contributed by atoms with Crippen molar-refractivity contribution in [2.45, 2.75) is 67.7 Å². The van der Waals surface area contributed by atoms with Crippen LogP contribution in [0.5, 0.6) is 0 Å². The van der Waals surface area contributed by atoms with Gasteiger partial charge in [0.1, 0.15) is 17.8 Å². The molecule has 0 spiro atoms. The highest BCUT2D eigenvalue weighted by atomic mass is 32.2. The Morgan fingerprint density at radius 3 is 1.73 bits per heavy atom. The molecule has 3 atom stereocenters. The SMILES string of the molecule is CC(C)(F)C[C@@H](C(N)=O)N([C@H](C#N)Cc1ccc(C(F)(F)F)cc1)[C@@H](c1ccc(-c2ccc(S(C)(=O)=O)cc2)cc1)C(F)(F)F. The highest BCUT2D eigenvalue weighted by Gasteiger charge is 2.51. The first-order valence-corrected chi connectivity index (χ1v) is 15.3. The fraction of sp³-hybridized carbons (Fsp3) is 0.355. The molecule has 1 amide bonds. The van der Waals surface area contributed by atoms with Gasteiger partial charge >= 0.3 is 12.4 Å². The minimum atomic E-state index is -5.14. The van der Waals surface area contributed by atoms with E-state index >= 15 is 0 Å². The number of carbonyl (C=O) groups is 1. The molecule has 6 nitrogen and oxygen atoms in total. The molecule has 0 aromatic heterocycles. The largest absolute Gasteiger partial charge is 0.416 e. The lowest BCUT2D eigenvalue weighted by Crippen LogP contribution is -2.56. The minimum absolute atomic E-state index is 0.0412. The molecule has 0 aliphatic carbocycles. The molecular weight excluding hydrogens is 627 g/mol. The third-order valence-corrected chi connectivity index (χ3v) is 8.17. The molecule has 2 N–H and O–H groups in total. The molecule has 3 aromatic carbocycles. The van der Waals surface area contributed by atoms with Gasteiger partial charge in [-0.25, -0.2) is 12.8 Å². The van der Waals surface area contributed by atoms with Crippen molar-refractivity contribution < 1.29 is 43.9 Å². The number of carbonyl (C=O) groups excluding carboxylic acids is 1. The Hall–Kier alpha value is -3.96. The maximum atomic E-state index is 14.9. The predicted molar refractivity (Wildman–Crippen MR) is 153 cm³/mol. The predicted octanol–water partition coefficient (Wildman–Crippen LogP) is 6.81. The molecular formula is C31H30F7N3O3S. The quantitative estimate of drug-likeness (QED) is 0.228. The smallest absolute Gasteiger partial charge is 0.368 e. The summed E-state index contributed by atoms with van der Waals surface area (Å²) in [5, 5.41) is 10.1. The first-order valence-electron chi connectivity index (χ1n) is 13.4. The second kappa shape index (κ2) is 13.2. The van der Waals surface area contributed by atoms with Crippen molar-refractivity contribution in [1.82, 2.24) is 4.90 Å². The first-order chi connectivity index (χ1) is 20.6. The van der Waals surface area contributed by atoms with E-state index in [0.717, 1.165) is 44.4 Å². The zero-order chi connectivity index (χ0) is 34.0. The van der Waals surface area contributed by atoms with E-state index in [4.69, 9.17) is 5.73 Å². The molecule has 0 saturated heterocycles. The highest BCUT2D eigenvalue weighted by Crippen LogP contribution is 2.42. The molecule has 0 saturated carbocycles. The van der Waals surface area contributed by atoms with Crippen molar-refractivity contribution in [2.24, 2.45) is 5.73 Å². The van der Waals surface area contributed by atoms with Crippen LogP contribution in [-0.4, -0.2) is 49.4 Å². The van der Waals surface area contributed by atoms with Gasteiger partial charge in [-0.3, -0.25) is 9.69 Å². The summed E-state index contributed by atoms with van der Waals surface area (Å²) in [6, 6.07) is 9.29. The molecule has 0 bridgehead atoms. The molecule has 0 aliphatic heterocycles. The molecule has 0 unspecified atom stereocenters. The van der Waals surface area contributed by atoms with Crippen LogP contribution in [0.4, 0.5) is 30.7 Å². The Bertz CT molecular complexity index is 1630. The van der Waals surface area contributed by atoms with Crippen LogP contribution in [0.15, 0.2) is 77.7 Å². The second-order valence-corrected chi connectivity index (χ2v) is 13.2. The van der Waals surface area contributed by atoms with Gasteiger partial charge in [-0.1, -0.05) is 48.5 Å². The van der Waals surface area contributed by atoms with Gasteiger partial charge in [0.05, 0.1) is 22.6 Å². The number of primary amides is 1. The summed E-state index contributed by atoms with van der Waals surface area (Å²) in [6.45, 7) is 2.07. The average molecular weight is 658 g/mol. The van der Waals surface area contributed by atoms with Crippen molar-refractivity contribution in [1.29, 1.82) is 5.26 Å². The molecule has 0 aliphatic rings. The van der Waals surface area contributed by atoms with Crippen molar-refractivity contribution >= 4 is 15.7 Å². The summed E-state index contributed by atoms with van der Waals surface area (Å²) < 4.78 is 122. The lowest BCUT2D eigenvalue weighted by atomic mass is 9.91. The summed E-state index contributed by atoms with van der Waals surface area (Å²) in [7, 11) is -3.49. The van der Waals surface area contributed by atoms with E-state index < -0.39 is 75.9 Å². The van der Waals surface area contributed by atoms with Gasteiger partial charge in [0.15, 0.2) is 9.84 Å². The van der Waals surface area contributed by atoms with Crippen LogP contribution < -0.4 is 5.73 Å². The van der Waals surface area contributed by atoms with E-state index in [-0.39, 0.29) is 10.5 Å². The number of halogens is 7. The van der Waals surface area contributed by atoms with Crippen molar-refractivity contribution in [3.63, 3.8) is 0 Å². The maximum absolute atomic E-state index is 14.9. The fourth-order valence-electron chi connectivity index (χ4n) is 4.94. The lowest BCUT2D eigenvalue weighted by molar-refractivity contribution is -0.198. The Labute approximate surface area is 256 Å². The van der Waals surface area contributed by atoms with Crippen molar-refractivity contribution in [3.8, 4) is 17.2 Å². The number of alkyl halides is 7. The third kappa shape index (κ3) is 9.27. The molecule has 0 fully saturated rings. The van der Waals surface area contributed by atoms with Crippen LogP contribution in [0.25, 0.3) is 11.1 Å². The van der Waals surface area contributed by atoms with Gasteiger partial charge < -0.3 is 5.73 Å². The Kier molecular flexibility index (Phi) is 10.4. The standard InChI is InChI=1S/C31H30F7N3O3S/c1-29(2,32)17-26(28(40)42)41(24(18-39)16-19-4-12-23(13-5-19)30(33,34)35)27(31(36,37)38)22-8-6-20(7-9-22)21-10-14-25(15-11-21)45(3,43)44/h4-15,24,26-27H,16-17H2,1-3H3,(H2,40,42)/t24-,26-,27-/m0/s1. The van der Waals surface area contributed by atoms with E-state index in [0.29, 0.717) is 28.2 Å². The zero-order valence-corrected chi connectivity index (χ0v) is 25.1. The number of benzene rings is 3. The third-order valence-electron chi connectivity index (χ3n) is 7.04. The van der Waals surface area contributed by atoms with Gasteiger partial charge in [-0.15, -0.1) is 0 Å². The molecule has 3 aromatic rings. The van der Waals surface area contributed by atoms with E-state index in [1.54, 1.807) is 6.07 Å². The normalized spacial score (nSPS) is 14.9. The number of nitrogens with zero attached hydrogens (tertiary/aromatic N) is 2. The second-order valence-electron chi connectivity index (χ2n) is 11.2. The van der Waals surface area contributed by atoms with Crippen molar-refractivity contribution in [3.05, 3.63) is 89.5 Å². The molecule has 14 heteroatoms. The van der Waals surface area contributed by atoms with Crippen LogP contribution in [0.3, 0.4) is 0 Å². The lowest BCUT2D eigenvalue weighted by Gasteiger charge is -2.41. The topological polar surface area (TPSA) is 104 Å². The molecule has 0 radical (unpaired) electrons. The number of nitrogens with two attached hydrogens (primary N) is 1. The van der Waals surface area contributed by atoms with Crippen LogP contribution in [0.1, 0.15) is 43.0 Å². The minimum Gasteiger partial charge on any atom is -0.368 e. The van der Waals surface area contributed by atoms with E-state index in [1.165, 1.54) is 36.4 Å². The van der Waals surface area contributed by atoms with Gasteiger partial charge in [-0.2, -0.15) is 31.6 Å². The Morgan fingerprint density at radius 2 is 1.36 bits per heavy atom. The maximum Gasteiger partial charge on any atom is 0.416 e. The summed E-state index contributed by atoms with van der Waals surface area (Å²) in [4.78, 5) is 13.1. The van der Waals surface area contributed by atoms with E-state index in [2.05, 4.69) is 0 Å². The Morgan fingerprint density at radius 1 is 0.867 bits per heavy atom. The summed E-state index contributed by atoms with van der Waals surface area (Å²) in [5.74, 6) is -1.33. The van der Waals surface area contributed by atoms with Crippen LogP contribution >= 0.6 is 0 Å². The van der Waals surface area contributed by atoms with Gasteiger partial charge in [-0.05, 0) is 60.4 Å². The van der Waals surface area contributed by atoms with Crippen LogP contribution in [-0.2, 0) is 27.2 Å². The summed E-state index contributed by atoms with van der Waals surface area (Å²) >= 11 is 0. The van der Waals surface area contributed by atoms with Gasteiger partial charge in [0.25, 0.3) is 0 Å². The first kappa shape index (κ1) is 35.5. The molecule has 242 valence electrons. The number of nitriles is 1. The fourth-order valence-corrected chi connectivity index (χ4v) is 5.57. The molecule has 3 rings (SSSR count). The Balaban J connectivity index is 2.13. The molecule has 0 heterocycles. The number of rotatable bonds is 11. The van der Waals surface area contributed by atoms with Gasteiger partial charge in [0, 0.05) is 19.1 Å². The number of hydrogen-bond donors (Lipinski definition) is 1. The van der Waals surface area contributed by atoms with Crippen LogP contribution in [0, 0.1) is 11.3 Å². The van der Waals surface area contributed by atoms with Gasteiger partial charge in [0.2, 0.25) is 5.91 Å².